The van der Waals surface area contributed by atoms with Crippen LogP contribution in [0.3, 0.4) is 0 Å². The Kier molecular flexibility index (Phi) is 3.05. The predicted octanol–water partition coefficient (Wildman–Crippen LogP) is 4.05. The lowest BCUT2D eigenvalue weighted by molar-refractivity contribution is -0.0738. The maximum atomic E-state index is 5.87. The van der Waals surface area contributed by atoms with E-state index in [0.717, 1.165) is 24.3 Å². The molecule has 0 spiro atoms. The van der Waals surface area contributed by atoms with E-state index in [4.69, 9.17) is 9.68 Å². The van der Waals surface area contributed by atoms with Gasteiger partial charge in [0.05, 0.1) is 0 Å². The van der Waals surface area contributed by atoms with Crippen LogP contribution < -0.4 is 0 Å². The minimum absolute atomic E-state index is 0.0948. The molecular formula is C17H26N2O2. The van der Waals surface area contributed by atoms with Crippen molar-refractivity contribution >= 4 is 11.4 Å². The quantitative estimate of drug-likeness (QED) is 0.787. The van der Waals surface area contributed by atoms with E-state index in [1.807, 2.05) is 0 Å². The van der Waals surface area contributed by atoms with Gasteiger partial charge in [-0.05, 0) is 39.5 Å². The van der Waals surface area contributed by atoms with Crippen molar-refractivity contribution in [2.45, 2.75) is 82.8 Å². The second-order valence-corrected chi connectivity index (χ2v) is 7.85. The number of rotatable bonds is 3. The Hall–Kier alpha value is -1.06. The maximum absolute atomic E-state index is 5.87. The lowest BCUT2D eigenvalue weighted by Crippen LogP contribution is -2.40. The van der Waals surface area contributed by atoms with Crippen molar-refractivity contribution < 1.29 is 9.68 Å². The molecular weight excluding hydrogens is 264 g/mol. The summed E-state index contributed by atoms with van der Waals surface area (Å²) in [5, 5.41) is 8.76. The van der Waals surface area contributed by atoms with Crippen molar-refractivity contribution in [1.29, 1.82) is 0 Å². The van der Waals surface area contributed by atoms with Gasteiger partial charge in [-0.1, -0.05) is 29.6 Å². The van der Waals surface area contributed by atoms with E-state index in [2.05, 4.69) is 24.2 Å². The van der Waals surface area contributed by atoms with Gasteiger partial charge in [-0.15, -0.1) is 0 Å². The van der Waals surface area contributed by atoms with E-state index in [-0.39, 0.29) is 11.2 Å². The Bertz CT molecular complexity index is 491. The molecule has 2 aliphatic carbocycles. The third-order valence-corrected chi connectivity index (χ3v) is 6.29. The van der Waals surface area contributed by atoms with Crippen molar-refractivity contribution in [3.63, 3.8) is 0 Å². The van der Waals surface area contributed by atoms with Gasteiger partial charge in [0, 0.05) is 24.7 Å². The van der Waals surface area contributed by atoms with Crippen LogP contribution in [0.1, 0.15) is 71.6 Å². The van der Waals surface area contributed by atoms with Crippen LogP contribution in [0.15, 0.2) is 10.3 Å². The molecule has 2 heterocycles. The van der Waals surface area contributed by atoms with Crippen molar-refractivity contribution in [2.24, 2.45) is 22.1 Å². The van der Waals surface area contributed by atoms with E-state index >= 15 is 0 Å². The zero-order valence-corrected chi connectivity index (χ0v) is 13.2. The van der Waals surface area contributed by atoms with Gasteiger partial charge in [0.25, 0.3) is 0 Å². The molecule has 0 N–H and O–H groups in total. The monoisotopic (exact) mass is 290 g/mol. The first-order chi connectivity index (χ1) is 10.1. The highest BCUT2D eigenvalue weighted by molar-refractivity contribution is 6.43. The molecule has 0 aromatic carbocycles. The molecule has 0 bridgehead atoms. The first-order valence-electron chi connectivity index (χ1n) is 8.60. The van der Waals surface area contributed by atoms with Gasteiger partial charge in [-0.25, -0.2) is 0 Å². The molecule has 0 saturated heterocycles. The SMILES string of the molecule is CC1(C2CCCC2)CC(C2=NOC(C)(C3CCC3)C2)=NO1. The molecule has 4 heteroatoms. The van der Waals surface area contributed by atoms with Crippen molar-refractivity contribution in [3.8, 4) is 0 Å². The Morgan fingerprint density at radius 3 is 1.57 bits per heavy atom. The number of oxime groups is 2. The summed E-state index contributed by atoms with van der Waals surface area (Å²) >= 11 is 0. The van der Waals surface area contributed by atoms with Gasteiger partial charge < -0.3 is 9.68 Å². The molecule has 0 aromatic rings. The summed E-state index contributed by atoms with van der Waals surface area (Å²) < 4.78 is 0. The molecule has 2 atom stereocenters. The van der Waals surface area contributed by atoms with Crippen LogP contribution in [0.25, 0.3) is 0 Å². The Balaban J connectivity index is 1.42. The van der Waals surface area contributed by atoms with Crippen molar-refractivity contribution in [3.05, 3.63) is 0 Å². The van der Waals surface area contributed by atoms with Gasteiger partial charge >= 0.3 is 0 Å². The molecule has 2 fully saturated rings. The minimum Gasteiger partial charge on any atom is -0.389 e. The fraction of sp³-hybridized carbons (Fsp3) is 0.882. The van der Waals surface area contributed by atoms with Crippen LogP contribution in [0, 0.1) is 11.8 Å². The molecule has 0 aromatic heterocycles. The van der Waals surface area contributed by atoms with E-state index in [1.54, 1.807) is 0 Å². The fourth-order valence-electron chi connectivity index (χ4n) is 4.42. The number of nitrogens with zero attached hydrogens (tertiary/aromatic N) is 2. The Labute approximate surface area is 126 Å². The molecule has 21 heavy (non-hydrogen) atoms. The van der Waals surface area contributed by atoms with Gasteiger partial charge in [0.1, 0.15) is 22.6 Å². The zero-order chi connectivity index (χ0) is 14.5. The zero-order valence-electron chi connectivity index (χ0n) is 13.2. The molecule has 2 aliphatic heterocycles. The normalized spacial score (nSPS) is 40.5. The number of hydrogen-bond donors (Lipinski definition) is 0. The molecule has 4 aliphatic rings. The second-order valence-electron chi connectivity index (χ2n) is 7.85. The average molecular weight is 290 g/mol. The largest absolute Gasteiger partial charge is 0.389 e. The van der Waals surface area contributed by atoms with Crippen LogP contribution in [0.5, 0.6) is 0 Å². The van der Waals surface area contributed by atoms with Crippen LogP contribution >= 0.6 is 0 Å². The summed E-state index contributed by atoms with van der Waals surface area (Å²) in [4.78, 5) is 11.7. The number of hydrogen-bond acceptors (Lipinski definition) is 4. The summed E-state index contributed by atoms with van der Waals surface area (Å²) in [5.74, 6) is 1.32. The molecule has 2 saturated carbocycles. The Morgan fingerprint density at radius 1 is 0.762 bits per heavy atom. The summed E-state index contributed by atoms with van der Waals surface area (Å²) in [6, 6.07) is 0. The summed E-state index contributed by atoms with van der Waals surface area (Å²) in [7, 11) is 0. The van der Waals surface area contributed by atoms with Crippen LogP contribution in [0.4, 0.5) is 0 Å². The average Bonchev–Trinajstić information content (AvgIpc) is 3.06. The van der Waals surface area contributed by atoms with E-state index in [9.17, 15) is 0 Å². The first-order valence-corrected chi connectivity index (χ1v) is 8.60. The Morgan fingerprint density at radius 2 is 1.19 bits per heavy atom. The van der Waals surface area contributed by atoms with Gasteiger partial charge in [0.2, 0.25) is 0 Å². The predicted molar refractivity (Wildman–Crippen MR) is 82.4 cm³/mol. The standard InChI is InChI=1S/C17H26N2O2/c1-16(12-6-3-4-7-12)10-14(18-20-16)15-11-17(2,21-19-15)13-8-5-9-13/h12-13H,3-11H2,1-2H3. The molecule has 0 radical (unpaired) electrons. The van der Waals surface area contributed by atoms with Crippen molar-refractivity contribution in [2.75, 3.05) is 0 Å². The summed E-state index contributed by atoms with van der Waals surface area (Å²) in [5.41, 5.74) is 1.87. The van der Waals surface area contributed by atoms with Gasteiger partial charge in [-0.3, -0.25) is 0 Å². The highest BCUT2D eigenvalue weighted by atomic mass is 16.7. The summed E-state index contributed by atoms with van der Waals surface area (Å²) in [6.45, 7) is 4.43. The maximum Gasteiger partial charge on any atom is 0.143 e. The lowest BCUT2D eigenvalue weighted by atomic mass is 9.71. The van der Waals surface area contributed by atoms with Crippen LogP contribution in [-0.2, 0) is 9.68 Å². The van der Waals surface area contributed by atoms with Gasteiger partial charge in [-0.2, -0.15) is 0 Å². The lowest BCUT2D eigenvalue weighted by Gasteiger charge is -2.37. The molecule has 2 unspecified atom stereocenters. The fourth-order valence-corrected chi connectivity index (χ4v) is 4.42. The van der Waals surface area contributed by atoms with E-state index < -0.39 is 0 Å². The minimum atomic E-state index is -0.107. The van der Waals surface area contributed by atoms with Crippen molar-refractivity contribution in [1.82, 2.24) is 0 Å². The van der Waals surface area contributed by atoms with Gasteiger partial charge in [0.15, 0.2) is 0 Å². The third kappa shape index (κ3) is 2.18. The molecule has 116 valence electrons. The smallest absolute Gasteiger partial charge is 0.143 e. The van der Waals surface area contributed by atoms with Crippen LogP contribution in [0.2, 0.25) is 0 Å². The highest BCUT2D eigenvalue weighted by Gasteiger charge is 2.49. The highest BCUT2D eigenvalue weighted by Crippen LogP contribution is 2.45. The third-order valence-electron chi connectivity index (χ3n) is 6.29. The molecule has 4 nitrogen and oxygen atoms in total. The second kappa shape index (κ2) is 4.72. The van der Waals surface area contributed by atoms with E-state index in [0.29, 0.717) is 11.8 Å². The van der Waals surface area contributed by atoms with E-state index in [1.165, 1.54) is 44.9 Å². The molecule has 0 amide bonds. The molecule has 4 rings (SSSR count). The summed E-state index contributed by atoms with van der Waals surface area (Å²) in [6.07, 6.45) is 10.9. The topological polar surface area (TPSA) is 43.2 Å². The van der Waals surface area contributed by atoms with Crippen LogP contribution in [-0.4, -0.2) is 22.6 Å². The first kappa shape index (κ1) is 13.6.